The van der Waals surface area contributed by atoms with Crippen molar-refractivity contribution < 1.29 is 19.1 Å². The summed E-state index contributed by atoms with van der Waals surface area (Å²) in [6.45, 7) is 2.33. The van der Waals surface area contributed by atoms with E-state index in [4.69, 9.17) is 9.15 Å². The van der Waals surface area contributed by atoms with Gasteiger partial charge >= 0.3 is 5.97 Å². The van der Waals surface area contributed by atoms with Gasteiger partial charge in [-0.1, -0.05) is 24.3 Å². The Balaban J connectivity index is 1.36. The van der Waals surface area contributed by atoms with Gasteiger partial charge < -0.3 is 23.8 Å². The van der Waals surface area contributed by atoms with Crippen molar-refractivity contribution in [3.63, 3.8) is 0 Å². The zero-order chi connectivity index (χ0) is 28.0. The predicted molar refractivity (Wildman–Crippen MR) is 147 cm³/mol. The molecule has 3 atom stereocenters. The summed E-state index contributed by atoms with van der Waals surface area (Å²) in [4.78, 5) is 55.8. The molecular formula is C30H29N3O7. The highest BCUT2D eigenvalue weighted by Gasteiger charge is 2.35. The molecule has 4 aromatic rings. The maximum Gasteiger partial charge on any atom is 0.306 e. The quantitative estimate of drug-likeness (QED) is 0.355. The molecule has 1 fully saturated rings. The van der Waals surface area contributed by atoms with Gasteiger partial charge in [0.05, 0.1) is 26.0 Å². The van der Waals surface area contributed by atoms with Gasteiger partial charge in [0, 0.05) is 54.5 Å². The molecule has 0 radical (unpaired) electrons. The first kappa shape index (κ1) is 25.8. The number of carbonyl (C=O) groups is 1. The summed E-state index contributed by atoms with van der Waals surface area (Å²) in [5.74, 6) is -1.70. The second-order valence-corrected chi connectivity index (χ2v) is 10.7. The largest absolute Gasteiger partial charge is 0.502 e. The molecule has 1 unspecified atom stereocenters. The fourth-order valence-corrected chi connectivity index (χ4v) is 6.23. The zero-order valence-electron chi connectivity index (χ0n) is 22.0. The lowest BCUT2D eigenvalue weighted by Gasteiger charge is -2.42. The minimum absolute atomic E-state index is 0.00940. The fraction of sp³-hybridized carbons (Fsp3) is 0.333. The number of nitrogens with zero attached hydrogens (tertiary/aromatic N) is 2. The molecule has 1 aromatic carbocycles. The van der Waals surface area contributed by atoms with Crippen molar-refractivity contribution in [3.8, 4) is 5.75 Å². The van der Waals surface area contributed by atoms with E-state index in [1.54, 1.807) is 30.3 Å². The normalized spacial score (nSPS) is 19.2. The minimum Gasteiger partial charge on any atom is -0.502 e. The van der Waals surface area contributed by atoms with Crippen LogP contribution in [0.15, 0.2) is 73.4 Å². The van der Waals surface area contributed by atoms with Gasteiger partial charge in [-0.2, -0.15) is 0 Å². The molecule has 0 saturated carbocycles. The van der Waals surface area contributed by atoms with Crippen molar-refractivity contribution in [1.29, 1.82) is 0 Å². The Morgan fingerprint density at radius 2 is 1.93 bits per heavy atom. The first-order valence-corrected chi connectivity index (χ1v) is 13.3. The highest BCUT2D eigenvalue weighted by atomic mass is 16.5. The lowest BCUT2D eigenvalue weighted by Crippen LogP contribution is -2.46. The van der Waals surface area contributed by atoms with E-state index < -0.39 is 28.6 Å². The lowest BCUT2D eigenvalue weighted by molar-refractivity contribution is -0.140. The van der Waals surface area contributed by atoms with E-state index in [1.165, 1.54) is 13.2 Å². The van der Waals surface area contributed by atoms with Crippen LogP contribution in [0.1, 0.15) is 47.5 Å². The number of methoxy groups -OCH3 is 1. The fourth-order valence-electron chi connectivity index (χ4n) is 6.23. The van der Waals surface area contributed by atoms with Crippen molar-refractivity contribution >= 4 is 16.9 Å². The number of likely N-dealkylation sites (tertiary alicyclic amines) is 1. The van der Waals surface area contributed by atoms with Crippen LogP contribution in [0.2, 0.25) is 0 Å². The molecule has 0 spiro atoms. The summed E-state index contributed by atoms with van der Waals surface area (Å²) in [5.41, 5.74) is 0.696. The van der Waals surface area contributed by atoms with Gasteiger partial charge in [-0.25, -0.2) is 0 Å². The van der Waals surface area contributed by atoms with Crippen molar-refractivity contribution in [2.24, 2.45) is 5.92 Å². The van der Waals surface area contributed by atoms with E-state index in [1.807, 2.05) is 22.8 Å². The molecule has 40 heavy (non-hydrogen) atoms. The minimum atomic E-state index is -1.05. The smallest absolute Gasteiger partial charge is 0.306 e. The summed E-state index contributed by atoms with van der Waals surface area (Å²) >= 11 is 0. The Morgan fingerprint density at radius 1 is 1.10 bits per heavy atom. The Bertz CT molecular complexity index is 1790. The average molecular weight is 544 g/mol. The third-order valence-corrected chi connectivity index (χ3v) is 8.01. The average Bonchev–Trinajstić information content (AvgIpc) is 2.94. The van der Waals surface area contributed by atoms with Gasteiger partial charge in [0.1, 0.15) is 5.76 Å². The number of esters is 1. The SMILES string of the molecule is COC(=O)CC(c1oc(CN2C[C@H]3C[C@@H](C2)c2cccc(=O)n2C3)cc(=O)c1O)c1cc2ccccc2[nH]c1=O. The van der Waals surface area contributed by atoms with Crippen LogP contribution < -0.4 is 16.5 Å². The van der Waals surface area contributed by atoms with Crippen molar-refractivity contribution in [3.05, 3.63) is 108 Å². The van der Waals surface area contributed by atoms with Gasteiger partial charge in [-0.15, -0.1) is 0 Å². The molecule has 10 heteroatoms. The standard InChI is InChI=1S/C30H29N3O7/c1-39-27(36)12-21(22-10-18-5-2-3-6-23(18)31-30(22)38)29-28(37)25(34)11-20(40-29)16-32-13-17-9-19(15-32)24-7-4-8-26(35)33(24)14-17/h2-8,10-11,17,19,21,37H,9,12-16H2,1H3,(H,31,38)/t17-,19+,21?/m1/s1. The summed E-state index contributed by atoms with van der Waals surface area (Å²) in [6, 6.07) is 15.4. The number of rotatable bonds is 6. The van der Waals surface area contributed by atoms with E-state index >= 15 is 0 Å². The van der Waals surface area contributed by atoms with E-state index in [-0.39, 0.29) is 35.1 Å². The number of piperidine rings is 1. The number of carbonyl (C=O) groups excluding carboxylic acids is 1. The number of pyridine rings is 2. The van der Waals surface area contributed by atoms with Crippen LogP contribution in [-0.4, -0.2) is 45.7 Å². The maximum absolute atomic E-state index is 13.1. The van der Waals surface area contributed by atoms with Gasteiger partial charge in [-0.3, -0.25) is 24.1 Å². The molecule has 1 saturated heterocycles. The van der Waals surface area contributed by atoms with Gasteiger partial charge in [-0.05, 0) is 35.9 Å². The number of hydrogen-bond acceptors (Lipinski definition) is 8. The van der Waals surface area contributed by atoms with Gasteiger partial charge in [0.15, 0.2) is 5.76 Å². The van der Waals surface area contributed by atoms with Crippen molar-refractivity contribution in [2.45, 2.75) is 37.8 Å². The molecule has 0 amide bonds. The summed E-state index contributed by atoms with van der Waals surface area (Å²) in [7, 11) is 1.23. The number of hydrogen-bond donors (Lipinski definition) is 2. The Kier molecular flexibility index (Phi) is 6.63. The van der Waals surface area contributed by atoms with E-state index in [0.717, 1.165) is 17.5 Å². The van der Waals surface area contributed by atoms with Crippen LogP contribution in [0.5, 0.6) is 5.75 Å². The first-order valence-electron chi connectivity index (χ1n) is 13.3. The van der Waals surface area contributed by atoms with E-state index in [0.29, 0.717) is 37.5 Å². The number of aromatic nitrogens is 2. The third kappa shape index (κ3) is 4.75. The molecule has 6 rings (SSSR count). The zero-order valence-corrected chi connectivity index (χ0v) is 22.0. The highest BCUT2D eigenvalue weighted by Crippen LogP contribution is 2.37. The van der Waals surface area contributed by atoms with Crippen LogP contribution in [-0.2, 0) is 22.6 Å². The Morgan fingerprint density at radius 3 is 2.75 bits per heavy atom. The van der Waals surface area contributed by atoms with Crippen LogP contribution in [0.4, 0.5) is 0 Å². The number of benzene rings is 1. The molecule has 2 aliphatic rings. The first-order chi connectivity index (χ1) is 19.3. The summed E-state index contributed by atoms with van der Waals surface area (Å²) in [6.07, 6.45) is 0.675. The molecule has 2 bridgehead atoms. The van der Waals surface area contributed by atoms with Crippen LogP contribution >= 0.6 is 0 Å². The van der Waals surface area contributed by atoms with Crippen molar-refractivity contribution in [2.75, 3.05) is 20.2 Å². The number of fused-ring (bicyclic) bond motifs is 5. The third-order valence-electron chi connectivity index (χ3n) is 8.01. The number of H-pyrrole nitrogens is 1. The van der Waals surface area contributed by atoms with Gasteiger partial charge in [0.25, 0.3) is 11.1 Å². The van der Waals surface area contributed by atoms with E-state index in [9.17, 15) is 24.3 Å². The molecule has 10 nitrogen and oxygen atoms in total. The highest BCUT2D eigenvalue weighted by molar-refractivity contribution is 5.79. The maximum atomic E-state index is 13.1. The topological polar surface area (TPSA) is 135 Å². The van der Waals surface area contributed by atoms with Gasteiger partial charge in [0.2, 0.25) is 11.2 Å². The number of aromatic hydroxyl groups is 1. The second-order valence-electron chi connectivity index (χ2n) is 10.7. The second kappa shape index (κ2) is 10.3. The van der Waals surface area contributed by atoms with E-state index in [2.05, 4.69) is 9.88 Å². The molecule has 3 aromatic heterocycles. The summed E-state index contributed by atoms with van der Waals surface area (Å²) in [5, 5.41) is 11.5. The van der Waals surface area contributed by atoms with Crippen LogP contribution in [0.25, 0.3) is 10.9 Å². The number of ether oxygens (including phenoxy) is 1. The van der Waals surface area contributed by atoms with Crippen LogP contribution in [0.3, 0.4) is 0 Å². The summed E-state index contributed by atoms with van der Waals surface area (Å²) < 4.78 is 12.8. The Hall–Kier alpha value is -4.44. The monoisotopic (exact) mass is 543 g/mol. The molecule has 2 N–H and O–H groups in total. The molecular weight excluding hydrogens is 514 g/mol. The number of para-hydroxylation sites is 1. The molecule has 206 valence electrons. The predicted octanol–water partition coefficient (Wildman–Crippen LogP) is 2.66. The number of aromatic amines is 1. The molecule has 5 heterocycles. The molecule has 2 aliphatic heterocycles. The lowest BCUT2D eigenvalue weighted by atomic mass is 9.83. The molecule has 0 aliphatic carbocycles. The van der Waals surface area contributed by atoms with Crippen molar-refractivity contribution in [1.82, 2.24) is 14.5 Å². The number of nitrogens with one attached hydrogen (secondary N) is 1. The Labute approximate surface area is 228 Å². The van der Waals surface area contributed by atoms with Crippen LogP contribution in [0, 0.1) is 5.92 Å².